The van der Waals surface area contributed by atoms with Gasteiger partial charge in [0.1, 0.15) is 11.6 Å². The molecule has 0 saturated carbocycles. The molecule has 2 amide bonds. The first kappa shape index (κ1) is 21.9. The summed E-state index contributed by atoms with van der Waals surface area (Å²) in [5, 5.41) is 5.91. The Morgan fingerprint density at radius 3 is 2.60 bits per heavy atom. The highest BCUT2D eigenvalue weighted by molar-refractivity contribution is 5.89. The van der Waals surface area contributed by atoms with Crippen molar-refractivity contribution in [1.82, 2.24) is 15.2 Å². The van der Waals surface area contributed by atoms with Crippen molar-refractivity contribution in [3.05, 3.63) is 48.2 Å². The molecule has 1 aromatic carbocycles. The number of nitrogens with one attached hydrogen (secondary N) is 2. The molecule has 162 valence electrons. The van der Waals surface area contributed by atoms with E-state index in [1.807, 2.05) is 30.3 Å². The molecule has 0 bridgehead atoms. The Hall–Kier alpha value is -2.80. The van der Waals surface area contributed by atoms with Crippen molar-refractivity contribution in [3.63, 3.8) is 0 Å². The van der Waals surface area contributed by atoms with Crippen LogP contribution in [0.1, 0.15) is 38.3 Å². The fraction of sp³-hybridized carbons (Fsp3) is 0.478. The van der Waals surface area contributed by atoms with Gasteiger partial charge in [-0.3, -0.25) is 4.90 Å². The maximum Gasteiger partial charge on any atom is 0.319 e. The number of nitrogens with zero attached hydrogens (tertiary/aromatic N) is 3. The number of hydrogen-bond acceptors (Lipinski definition) is 5. The highest BCUT2D eigenvalue weighted by Crippen LogP contribution is 2.24. The minimum Gasteiger partial charge on any atom is -0.497 e. The fourth-order valence-corrected chi connectivity index (χ4v) is 3.93. The average Bonchev–Trinajstić information content (AvgIpc) is 3.32. The number of urea groups is 1. The lowest BCUT2D eigenvalue weighted by Gasteiger charge is -2.30. The van der Waals surface area contributed by atoms with Crippen LogP contribution in [-0.4, -0.2) is 55.7 Å². The van der Waals surface area contributed by atoms with Gasteiger partial charge in [-0.25, -0.2) is 9.78 Å². The smallest absolute Gasteiger partial charge is 0.319 e. The van der Waals surface area contributed by atoms with Gasteiger partial charge in [0.05, 0.1) is 25.0 Å². The second kappa shape index (κ2) is 10.8. The largest absolute Gasteiger partial charge is 0.497 e. The molecule has 2 heterocycles. The number of anilines is 2. The van der Waals surface area contributed by atoms with Crippen molar-refractivity contribution in [2.75, 3.05) is 50.1 Å². The number of hydrogen-bond donors (Lipinski definition) is 2. The first-order valence-electron chi connectivity index (χ1n) is 10.8. The van der Waals surface area contributed by atoms with Crippen molar-refractivity contribution in [3.8, 4) is 5.75 Å². The lowest BCUT2D eigenvalue weighted by atomic mass is 10.0. The first-order chi connectivity index (χ1) is 14.6. The molecule has 2 aromatic rings. The number of likely N-dealkylation sites (N-methyl/N-ethyl adjacent to an activating group) is 1. The highest BCUT2D eigenvalue weighted by Gasteiger charge is 2.20. The lowest BCUT2D eigenvalue weighted by molar-refractivity contribution is 0.209. The molecule has 1 atom stereocenters. The van der Waals surface area contributed by atoms with Crippen LogP contribution in [-0.2, 0) is 0 Å². The molecule has 0 aliphatic carbocycles. The monoisotopic (exact) mass is 411 g/mol. The highest BCUT2D eigenvalue weighted by atomic mass is 16.5. The summed E-state index contributed by atoms with van der Waals surface area (Å²) in [6, 6.07) is 11.7. The van der Waals surface area contributed by atoms with Crippen LogP contribution in [0.15, 0.2) is 42.6 Å². The Balaban J connectivity index is 1.60. The van der Waals surface area contributed by atoms with Crippen molar-refractivity contribution in [2.45, 2.75) is 32.7 Å². The van der Waals surface area contributed by atoms with E-state index in [4.69, 9.17) is 4.74 Å². The van der Waals surface area contributed by atoms with Gasteiger partial charge in [0.15, 0.2) is 0 Å². The van der Waals surface area contributed by atoms with Crippen LogP contribution in [0.25, 0.3) is 0 Å². The van der Waals surface area contributed by atoms with Crippen molar-refractivity contribution in [1.29, 1.82) is 0 Å². The third-order valence-electron chi connectivity index (χ3n) is 5.62. The minimum absolute atomic E-state index is 0.0662. The normalized spacial score (nSPS) is 14.6. The van der Waals surface area contributed by atoms with Gasteiger partial charge in [0.2, 0.25) is 0 Å². The Morgan fingerprint density at radius 2 is 1.97 bits per heavy atom. The summed E-state index contributed by atoms with van der Waals surface area (Å²) >= 11 is 0. The molecule has 2 N–H and O–H groups in total. The summed E-state index contributed by atoms with van der Waals surface area (Å²) < 4.78 is 5.37. The molecule has 3 rings (SSSR count). The van der Waals surface area contributed by atoms with E-state index in [0.717, 1.165) is 43.3 Å². The molecule has 30 heavy (non-hydrogen) atoms. The van der Waals surface area contributed by atoms with Gasteiger partial charge in [-0.05, 0) is 55.8 Å². The number of benzene rings is 1. The Bertz CT molecular complexity index is 801. The number of carbonyl (C=O) groups is 1. The van der Waals surface area contributed by atoms with E-state index in [-0.39, 0.29) is 12.1 Å². The molecular weight excluding hydrogens is 378 g/mol. The summed E-state index contributed by atoms with van der Waals surface area (Å²) in [5.74, 6) is 1.79. The quantitative estimate of drug-likeness (QED) is 0.655. The van der Waals surface area contributed by atoms with Crippen LogP contribution >= 0.6 is 0 Å². The van der Waals surface area contributed by atoms with E-state index in [1.54, 1.807) is 13.3 Å². The van der Waals surface area contributed by atoms with Gasteiger partial charge in [-0.2, -0.15) is 0 Å². The predicted molar refractivity (Wildman–Crippen MR) is 121 cm³/mol. The third kappa shape index (κ3) is 5.63. The van der Waals surface area contributed by atoms with E-state index in [0.29, 0.717) is 12.2 Å². The maximum absolute atomic E-state index is 12.5. The molecule has 1 aliphatic rings. The topological polar surface area (TPSA) is 69.7 Å². The zero-order valence-corrected chi connectivity index (χ0v) is 18.2. The van der Waals surface area contributed by atoms with Crippen LogP contribution in [0.4, 0.5) is 16.3 Å². The zero-order valence-electron chi connectivity index (χ0n) is 18.2. The molecule has 1 aliphatic heterocycles. The van der Waals surface area contributed by atoms with E-state index in [1.165, 1.54) is 12.8 Å². The third-order valence-corrected chi connectivity index (χ3v) is 5.62. The molecule has 0 spiro atoms. The molecule has 1 unspecified atom stereocenters. The van der Waals surface area contributed by atoms with E-state index in [2.05, 4.69) is 45.3 Å². The van der Waals surface area contributed by atoms with Crippen LogP contribution < -0.4 is 20.3 Å². The molecular formula is C23H33N5O2. The van der Waals surface area contributed by atoms with Gasteiger partial charge >= 0.3 is 6.03 Å². The molecule has 1 fully saturated rings. The van der Waals surface area contributed by atoms with Gasteiger partial charge in [0, 0.05) is 19.6 Å². The van der Waals surface area contributed by atoms with Gasteiger partial charge in [0.25, 0.3) is 0 Å². The summed E-state index contributed by atoms with van der Waals surface area (Å²) in [7, 11) is 1.67. The van der Waals surface area contributed by atoms with Gasteiger partial charge in [-0.1, -0.05) is 26.0 Å². The van der Waals surface area contributed by atoms with Crippen molar-refractivity contribution < 1.29 is 9.53 Å². The van der Waals surface area contributed by atoms with Crippen LogP contribution in [0.2, 0.25) is 0 Å². The van der Waals surface area contributed by atoms with Crippen LogP contribution in [0.5, 0.6) is 5.75 Å². The second-order valence-electron chi connectivity index (χ2n) is 7.45. The summed E-state index contributed by atoms with van der Waals surface area (Å²) in [6.07, 6.45) is 4.15. The number of rotatable bonds is 9. The Morgan fingerprint density at radius 1 is 1.20 bits per heavy atom. The average molecular weight is 412 g/mol. The summed E-state index contributed by atoms with van der Waals surface area (Å²) in [5.41, 5.74) is 1.81. The minimum atomic E-state index is -0.231. The Kier molecular flexibility index (Phi) is 7.90. The predicted octanol–water partition coefficient (Wildman–Crippen LogP) is 3.90. The van der Waals surface area contributed by atoms with Crippen molar-refractivity contribution in [2.24, 2.45) is 0 Å². The number of amides is 2. The molecule has 7 heteroatoms. The molecule has 1 saturated heterocycles. The molecule has 0 radical (unpaired) electrons. The summed E-state index contributed by atoms with van der Waals surface area (Å²) in [6.45, 7) is 8.65. The lowest BCUT2D eigenvalue weighted by Crippen LogP contribution is -2.39. The van der Waals surface area contributed by atoms with E-state index < -0.39 is 0 Å². The van der Waals surface area contributed by atoms with Crippen molar-refractivity contribution >= 4 is 17.5 Å². The number of aromatic nitrogens is 1. The molecule has 7 nitrogen and oxygen atoms in total. The maximum atomic E-state index is 12.5. The Labute approximate surface area is 179 Å². The fourth-order valence-electron chi connectivity index (χ4n) is 3.93. The summed E-state index contributed by atoms with van der Waals surface area (Å²) in [4.78, 5) is 21.6. The number of pyridine rings is 1. The molecule has 1 aromatic heterocycles. The second-order valence-corrected chi connectivity index (χ2v) is 7.45. The number of carbonyl (C=O) groups excluding carboxylic acids is 1. The van der Waals surface area contributed by atoms with E-state index in [9.17, 15) is 4.79 Å². The first-order valence-corrected chi connectivity index (χ1v) is 10.8. The SMILES string of the molecule is CCN(CC)C(CNC(=O)Nc1ccc(N2CCCC2)nc1)c1cccc(OC)c1. The van der Waals surface area contributed by atoms with Gasteiger partial charge in [-0.15, -0.1) is 0 Å². The zero-order chi connectivity index (χ0) is 21.3. The number of methoxy groups -OCH3 is 1. The number of ether oxygens (including phenoxy) is 1. The van der Waals surface area contributed by atoms with Crippen LogP contribution in [0.3, 0.4) is 0 Å². The van der Waals surface area contributed by atoms with Crippen LogP contribution in [0, 0.1) is 0 Å². The van der Waals surface area contributed by atoms with E-state index >= 15 is 0 Å². The standard InChI is InChI=1S/C23H33N5O2/c1-4-27(5-2)21(18-9-8-10-20(15-18)30-3)17-25-23(29)26-19-11-12-22(24-16-19)28-13-6-7-14-28/h8-12,15-16,21H,4-7,13-14,17H2,1-3H3,(H2,25,26,29). The van der Waals surface area contributed by atoms with Gasteiger partial charge < -0.3 is 20.3 Å².